The van der Waals surface area contributed by atoms with Crippen molar-refractivity contribution in [1.29, 1.82) is 0 Å². The van der Waals surface area contributed by atoms with E-state index in [4.69, 9.17) is 10.5 Å². The predicted molar refractivity (Wildman–Crippen MR) is 96.2 cm³/mol. The third kappa shape index (κ3) is 3.05. The number of ether oxygens (including phenoxy) is 1. The van der Waals surface area contributed by atoms with Gasteiger partial charge in [0.2, 0.25) is 11.9 Å². The summed E-state index contributed by atoms with van der Waals surface area (Å²) in [5.74, 6) is 1.57. The lowest BCUT2D eigenvalue weighted by Gasteiger charge is -2.41. The first-order valence-corrected chi connectivity index (χ1v) is 8.68. The number of nitrogens with two attached hydrogens (primary N) is 1. The highest BCUT2D eigenvalue weighted by atomic mass is 16.5. The van der Waals surface area contributed by atoms with Crippen LogP contribution in [0.4, 0.5) is 11.9 Å². The van der Waals surface area contributed by atoms with E-state index in [0.717, 1.165) is 32.5 Å². The van der Waals surface area contributed by atoms with Crippen LogP contribution in [0.3, 0.4) is 0 Å². The number of benzene rings is 1. The summed E-state index contributed by atoms with van der Waals surface area (Å²) in [4.78, 5) is 17.2. The van der Waals surface area contributed by atoms with Gasteiger partial charge in [0.1, 0.15) is 11.4 Å². The predicted octanol–water partition coefficient (Wildman–Crippen LogP) is 1.19. The second kappa shape index (κ2) is 6.24. The van der Waals surface area contributed by atoms with Gasteiger partial charge in [-0.25, -0.2) is 0 Å². The highest BCUT2D eigenvalue weighted by Gasteiger charge is 2.43. The summed E-state index contributed by atoms with van der Waals surface area (Å²) in [6.07, 6.45) is 2.11. The summed E-state index contributed by atoms with van der Waals surface area (Å²) >= 11 is 0. The van der Waals surface area contributed by atoms with E-state index in [9.17, 15) is 0 Å². The first-order valence-electron chi connectivity index (χ1n) is 8.68. The van der Waals surface area contributed by atoms with Crippen LogP contribution in [0.25, 0.3) is 0 Å². The smallest absolute Gasteiger partial charge is 0.229 e. The van der Waals surface area contributed by atoms with Gasteiger partial charge in [-0.05, 0) is 24.0 Å². The molecule has 2 aromatic rings. The Morgan fingerprint density at radius 1 is 1.24 bits per heavy atom. The molecule has 1 aromatic heterocycles. The maximum absolute atomic E-state index is 6.28. The van der Waals surface area contributed by atoms with Gasteiger partial charge in [0.25, 0.3) is 0 Å². The Hall–Kier alpha value is -2.25. The van der Waals surface area contributed by atoms with Gasteiger partial charge in [0.15, 0.2) is 0 Å². The van der Waals surface area contributed by atoms with Crippen LogP contribution < -0.4 is 10.6 Å². The fourth-order valence-corrected chi connectivity index (χ4v) is 3.85. The van der Waals surface area contributed by atoms with E-state index in [1.165, 1.54) is 11.1 Å². The number of nitrogens with zero attached hydrogens (tertiary/aromatic N) is 5. The molecule has 1 aromatic carbocycles. The average Bonchev–Trinajstić information content (AvgIpc) is 2.93. The molecule has 25 heavy (non-hydrogen) atoms. The Balaban J connectivity index is 1.55. The Morgan fingerprint density at radius 3 is 2.92 bits per heavy atom. The molecule has 1 spiro atoms. The Kier molecular flexibility index (Phi) is 4.05. The molecule has 2 heterocycles. The highest BCUT2D eigenvalue weighted by molar-refractivity contribution is 5.38. The van der Waals surface area contributed by atoms with E-state index in [1.807, 2.05) is 19.0 Å². The molecule has 0 radical (unpaired) electrons. The van der Waals surface area contributed by atoms with Crippen molar-refractivity contribution in [1.82, 2.24) is 19.9 Å². The lowest BCUT2D eigenvalue weighted by Crippen LogP contribution is -2.48. The molecule has 1 saturated heterocycles. The first-order chi connectivity index (χ1) is 12.1. The zero-order chi connectivity index (χ0) is 17.4. The van der Waals surface area contributed by atoms with E-state index < -0.39 is 0 Å². The van der Waals surface area contributed by atoms with Crippen molar-refractivity contribution in [3.05, 3.63) is 41.2 Å². The molecule has 2 aliphatic rings. The van der Waals surface area contributed by atoms with Crippen molar-refractivity contribution in [2.24, 2.45) is 0 Å². The van der Waals surface area contributed by atoms with E-state index >= 15 is 0 Å². The molecule has 1 fully saturated rings. The fourth-order valence-electron chi connectivity index (χ4n) is 3.85. The summed E-state index contributed by atoms with van der Waals surface area (Å²) in [6, 6.07) is 8.62. The zero-order valence-corrected chi connectivity index (χ0v) is 14.8. The van der Waals surface area contributed by atoms with Crippen LogP contribution >= 0.6 is 0 Å². The van der Waals surface area contributed by atoms with Crippen LogP contribution in [0.1, 0.15) is 23.4 Å². The van der Waals surface area contributed by atoms with Gasteiger partial charge in [0.05, 0.1) is 13.2 Å². The zero-order valence-electron chi connectivity index (χ0n) is 14.8. The van der Waals surface area contributed by atoms with Crippen LogP contribution in [-0.2, 0) is 23.3 Å². The number of aryl methyl sites for hydroxylation is 1. The molecule has 1 atom stereocenters. The van der Waals surface area contributed by atoms with Crippen molar-refractivity contribution in [2.45, 2.75) is 25.0 Å². The quantitative estimate of drug-likeness (QED) is 0.899. The minimum atomic E-state index is -0.197. The van der Waals surface area contributed by atoms with Crippen molar-refractivity contribution in [3.8, 4) is 0 Å². The first kappa shape index (κ1) is 16.2. The van der Waals surface area contributed by atoms with Gasteiger partial charge >= 0.3 is 0 Å². The number of rotatable bonds is 3. The summed E-state index contributed by atoms with van der Waals surface area (Å²) in [5.41, 5.74) is 8.40. The largest absolute Gasteiger partial charge is 0.368 e. The molecule has 0 saturated carbocycles. The number of nitrogen functional groups attached to an aromatic ring is 1. The van der Waals surface area contributed by atoms with Gasteiger partial charge in [-0.2, -0.15) is 15.0 Å². The minimum absolute atomic E-state index is 0.197. The molecular formula is C18H24N6O. The van der Waals surface area contributed by atoms with Crippen LogP contribution in [-0.4, -0.2) is 53.6 Å². The molecular weight excluding hydrogens is 316 g/mol. The molecule has 0 amide bonds. The Bertz CT molecular complexity index is 776. The third-order valence-electron chi connectivity index (χ3n) is 5.02. The van der Waals surface area contributed by atoms with Crippen LogP contribution in [0.15, 0.2) is 24.3 Å². The number of morpholine rings is 1. The second-order valence-electron chi connectivity index (χ2n) is 7.01. The number of anilines is 2. The maximum Gasteiger partial charge on any atom is 0.229 e. The summed E-state index contributed by atoms with van der Waals surface area (Å²) in [5, 5.41) is 0. The normalized spacial score (nSPS) is 23.0. The molecule has 7 nitrogen and oxygen atoms in total. The molecule has 7 heteroatoms. The SMILES string of the molecule is CN(C)c1nc(N)nc(CN2CCO[C@]3(CCc4ccccc43)C2)n1. The summed E-state index contributed by atoms with van der Waals surface area (Å²) in [6.45, 7) is 3.09. The second-order valence-corrected chi connectivity index (χ2v) is 7.01. The molecule has 1 aliphatic heterocycles. The Labute approximate surface area is 147 Å². The molecule has 4 rings (SSSR count). The lowest BCUT2D eigenvalue weighted by atomic mass is 9.93. The molecule has 2 N–H and O–H groups in total. The number of hydrogen-bond acceptors (Lipinski definition) is 7. The van der Waals surface area contributed by atoms with E-state index in [1.54, 1.807) is 0 Å². The van der Waals surface area contributed by atoms with E-state index in [2.05, 4.69) is 44.1 Å². The summed E-state index contributed by atoms with van der Waals surface area (Å²) < 4.78 is 6.28. The topological polar surface area (TPSA) is 80.4 Å². The minimum Gasteiger partial charge on any atom is -0.368 e. The lowest BCUT2D eigenvalue weighted by molar-refractivity contribution is -0.116. The van der Waals surface area contributed by atoms with E-state index in [0.29, 0.717) is 18.3 Å². The molecule has 0 bridgehead atoms. The van der Waals surface area contributed by atoms with Gasteiger partial charge < -0.3 is 15.4 Å². The van der Waals surface area contributed by atoms with Crippen molar-refractivity contribution in [2.75, 3.05) is 44.4 Å². The molecule has 1 aliphatic carbocycles. The van der Waals surface area contributed by atoms with Crippen molar-refractivity contribution in [3.63, 3.8) is 0 Å². The molecule has 132 valence electrons. The van der Waals surface area contributed by atoms with Crippen molar-refractivity contribution >= 4 is 11.9 Å². The van der Waals surface area contributed by atoms with Gasteiger partial charge in [-0.3, -0.25) is 4.90 Å². The highest BCUT2D eigenvalue weighted by Crippen LogP contribution is 2.42. The van der Waals surface area contributed by atoms with Crippen LogP contribution in [0.2, 0.25) is 0 Å². The summed E-state index contributed by atoms with van der Waals surface area (Å²) in [7, 11) is 3.80. The van der Waals surface area contributed by atoms with Crippen molar-refractivity contribution < 1.29 is 4.74 Å². The maximum atomic E-state index is 6.28. The fraction of sp³-hybridized carbons (Fsp3) is 0.500. The van der Waals surface area contributed by atoms with Gasteiger partial charge in [-0.15, -0.1) is 0 Å². The third-order valence-corrected chi connectivity index (χ3v) is 5.02. The monoisotopic (exact) mass is 340 g/mol. The number of aromatic nitrogens is 3. The van der Waals surface area contributed by atoms with Crippen LogP contribution in [0.5, 0.6) is 0 Å². The van der Waals surface area contributed by atoms with E-state index in [-0.39, 0.29) is 11.5 Å². The standard InChI is InChI=1S/C18H24N6O/c1-23(2)17-21-15(20-16(19)22-17)11-24-9-10-25-18(12-24)8-7-13-5-3-4-6-14(13)18/h3-6H,7-12H2,1-2H3,(H2,19,20,21,22)/t18-/m1/s1. The Morgan fingerprint density at radius 2 is 2.08 bits per heavy atom. The number of hydrogen-bond donors (Lipinski definition) is 1. The van der Waals surface area contributed by atoms with Gasteiger partial charge in [0, 0.05) is 27.2 Å². The molecule has 0 unspecified atom stereocenters. The van der Waals surface area contributed by atoms with Gasteiger partial charge in [-0.1, -0.05) is 24.3 Å². The average molecular weight is 340 g/mol. The van der Waals surface area contributed by atoms with Crippen LogP contribution in [0, 0.1) is 0 Å². The number of fused-ring (bicyclic) bond motifs is 2.